The van der Waals surface area contributed by atoms with Gasteiger partial charge in [0.25, 0.3) is 11.5 Å². The Hall–Kier alpha value is -2.38. The number of carbonyl (C=O) groups excluding carboxylic acids is 1. The quantitative estimate of drug-likeness (QED) is 0.243. The summed E-state index contributed by atoms with van der Waals surface area (Å²) in [5.74, 6) is -0.674. The van der Waals surface area contributed by atoms with Crippen molar-refractivity contribution in [1.82, 2.24) is 15.5 Å². The highest BCUT2D eigenvalue weighted by atomic mass is 16.4. The van der Waals surface area contributed by atoms with Crippen molar-refractivity contribution in [2.75, 3.05) is 0 Å². The summed E-state index contributed by atoms with van der Waals surface area (Å²) >= 11 is 0. The van der Waals surface area contributed by atoms with Gasteiger partial charge in [-0.3, -0.25) is 9.59 Å². The van der Waals surface area contributed by atoms with E-state index >= 15 is 0 Å². The summed E-state index contributed by atoms with van der Waals surface area (Å²) < 4.78 is 0. The molecule has 0 aliphatic heterocycles. The van der Waals surface area contributed by atoms with Crippen LogP contribution in [0.1, 0.15) is 24.3 Å². The number of rotatable bonds is 4. The van der Waals surface area contributed by atoms with Crippen molar-refractivity contribution in [2.24, 2.45) is 16.8 Å². The predicted octanol–water partition coefficient (Wildman–Crippen LogP) is -0.729. The van der Waals surface area contributed by atoms with Crippen LogP contribution < -0.4 is 16.6 Å². The second-order valence-electron chi connectivity index (χ2n) is 4.03. The zero-order chi connectivity index (χ0) is 13.7. The van der Waals surface area contributed by atoms with Gasteiger partial charge in [-0.2, -0.15) is 5.10 Å². The zero-order valence-electron chi connectivity index (χ0n) is 10.0. The third-order valence-electron chi connectivity index (χ3n) is 2.30. The number of oxime groups is 1. The molecule has 1 aromatic heterocycles. The molecule has 0 aromatic carbocycles. The van der Waals surface area contributed by atoms with Crippen molar-refractivity contribution >= 4 is 11.7 Å². The van der Waals surface area contributed by atoms with Gasteiger partial charge < -0.3 is 16.3 Å². The number of amidine groups is 1. The summed E-state index contributed by atoms with van der Waals surface area (Å²) in [5.41, 5.74) is 5.12. The maximum Gasteiger partial charge on any atom is 0.272 e. The lowest BCUT2D eigenvalue weighted by molar-refractivity contribution is 0.0932. The molecule has 1 unspecified atom stereocenters. The molecule has 0 saturated heterocycles. The number of hydrogen-bond acceptors (Lipinski definition) is 5. The van der Waals surface area contributed by atoms with Gasteiger partial charge in [-0.05, 0) is 12.0 Å². The van der Waals surface area contributed by atoms with Crippen molar-refractivity contribution in [2.45, 2.75) is 19.9 Å². The fourth-order valence-electron chi connectivity index (χ4n) is 1.33. The number of nitrogens with two attached hydrogens (primary N) is 1. The van der Waals surface area contributed by atoms with Crippen molar-refractivity contribution in [3.8, 4) is 0 Å². The molecule has 1 heterocycles. The Bertz CT molecular complexity index is 488. The minimum atomic E-state index is -0.615. The van der Waals surface area contributed by atoms with Crippen LogP contribution in [0.15, 0.2) is 22.1 Å². The molecule has 98 valence electrons. The number of nitrogens with one attached hydrogen (secondary N) is 2. The number of aromatic nitrogens is 2. The molecule has 0 aliphatic carbocycles. The van der Waals surface area contributed by atoms with Crippen molar-refractivity contribution in [3.63, 3.8) is 0 Å². The van der Waals surface area contributed by atoms with Crippen LogP contribution in [0.4, 0.5) is 0 Å². The van der Waals surface area contributed by atoms with Crippen LogP contribution in [0.25, 0.3) is 0 Å². The maximum absolute atomic E-state index is 11.8. The van der Waals surface area contributed by atoms with E-state index < -0.39 is 17.5 Å². The largest absolute Gasteiger partial charge is 0.409 e. The fraction of sp³-hybridized carbons (Fsp3) is 0.400. The van der Waals surface area contributed by atoms with Gasteiger partial charge >= 0.3 is 0 Å². The highest BCUT2D eigenvalue weighted by Gasteiger charge is 2.21. The Labute approximate surface area is 103 Å². The number of carbonyl (C=O) groups is 1. The van der Waals surface area contributed by atoms with E-state index in [0.717, 1.165) is 0 Å². The summed E-state index contributed by atoms with van der Waals surface area (Å²) in [5, 5.41) is 19.8. The molecule has 0 aliphatic rings. The first kappa shape index (κ1) is 13.7. The van der Waals surface area contributed by atoms with E-state index in [1.54, 1.807) is 0 Å². The van der Waals surface area contributed by atoms with E-state index in [1.807, 2.05) is 13.8 Å². The lowest BCUT2D eigenvalue weighted by atomic mass is 10.0. The van der Waals surface area contributed by atoms with Crippen LogP contribution in [-0.2, 0) is 0 Å². The van der Waals surface area contributed by atoms with Gasteiger partial charge in [0, 0.05) is 6.07 Å². The molecule has 1 amide bonds. The topological polar surface area (TPSA) is 133 Å². The molecule has 18 heavy (non-hydrogen) atoms. The average Bonchev–Trinajstić information content (AvgIpc) is 2.35. The summed E-state index contributed by atoms with van der Waals surface area (Å²) in [6.07, 6.45) is 0. The Morgan fingerprint density at radius 3 is 2.67 bits per heavy atom. The molecular weight excluding hydrogens is 238 g/mol. The number of amides is 1. The predicted molar refractivity (Wildman–Crippen MR) is 64.4 cm³/mol. The third-order valence-corrected chi connectivity index (χ3v) is 2.30. The van der Waals surface area contributed by atoms with Crippen LogP contribution in [0.3, 0.4) is 0 Å². The van der Waals surface area contributed by atoms with Crippen molar-refractivity contribution < 1.29 is 10.0 Å². The first-order chi connectivity index (χ1) is 8.45. The maximum atomic E-state index is 11.8. The molecule has 0 saturated carbocycles. The van der Waals surface area contributed by atoms with Crippen LogP contribution in [0, 0.1) is 5.92 Å². The Kier molecular flexibility index (Phi) is 4.41. The first-order valence-corrected chi connectivity index (χ1v) is 5.29. The van der Waals surface area contributed by atoms with Crippen LogP contribution >= 0.6 is 0 Å². The second kappa shape index (κ2) is 5.80. The van der Waals surface area contributed by atoms with Gasteiger partial charge in [0.1, 0.15) is 5.69 Å². The Balaban J connectivity index is 2.85. The smallest absolute Gasteiger partial charge is 0.272 e. The summed E-state index contributed by atoms with van der Waals surface area (Å²) in [6, 6.07) is 1.87. The zero-order valence-corrected chi connectivity index (χ0v) is 10.0. The highest BCUT2D eigenvalue weighted by Crippen LogP contribution is 2.03. The standard InChI is InChI=1S/C10H15N5O3/c1-5(2)8(9(11)15-18)12-10(17)6-3-4-7(16)14-13-6/h3-5,8,18H,1-2H3,(H2,11,15)(H,12,17)(H,14,16). The Morgan fingerprint density at radius 1 is 1.56 bits per heavy atom. The lowest BCUT2D eigenvalue weighted by Gasteiger charge is -2.20. The SMILES string of the molecule is CC(C)C(NC(=O)c1ccc(=O)[nH]n1)/C(N)=N/O. The minimum Gasteiger partial charge on any atom is -0.409 e. The summed E-state index contributed by atoms with van der Waals surface area (Å²) in [4.78, 5) is 22.6. The van der Waals surface area contributed by atoms with Crippen LogP contribution in [0.5, 0.6) is 0 Å². The van der Waals surface area contributed by atoms with E-state index in [-0.39, 0.29) is 17.4 Å². The normalized spacial score (nSPS) is 13.4. The number of aromatic amines is 1. The third kappa shape index (κ3) is 3.30. The van der Waals surface area contributed by atoms with E-state index in [2.05, 4.69) is 20.7 Å². The van der Waals surface area contributed by atoms with Crippen LogP contribution in [-0.4, -0.2) is 33.2 Å². The van der Waals surface area contributed by atoms with Gasteiger partial charge in [-0.1, -0.05) is 19.0 Å². The molecule has 5 N–H and O–H groups in total. The first-order valence-electron chi connectivity index (χ1n) is 5.29. The summed E-state index contributed by atoms with van der Waals surface area (Å²) in [6.45, 7) is 3.62. The monoisotopic (exact) mass is 253 g/mol. The molecule has 0 fully saturated rings. The molecule has 0 spiro atoms. The van der Waals surface area contributed by atoms with Gasteiger partial charge in [0.05, 0.1) is 6.04 Å². The van der Waals surface area contributed by atoms with E-state index in [9.17, 15) is 9.59 Å². The number of nitrogens with zero attached hydrogens (tertiary/aromatic N) is 2. The molecular formula is C10H15N5O3. The van der Waals surface area contributed by atoms with E-state index in [1.165, 1.54) is 12.1 Å². The average molecular weight is 253 g/mol. The van der Waals surface area contributed by atoms with Gasteiger partial charge in [-0.25, -0.2) is 5.10 Å². The minimum absolute atomic E-state index is 0.0472. The fourth-order valence-corrected chi connectivity index (χ4v) is 1.33. The van der Waals surface area contributed by atoms with Crippen LogP contribution in [0.2, 0.25) is 0 Å². The Morgan fingerprint density at radius 2 is 2.22 bits per heavy atom. The van der Waals surface area contributed by atoms with Gasteiger partial charge in [0.2, 0.25) is 0 Å². The molecule has 1 atom stereocenters. The molecule has 0 bridgehead atoms. The molecule has 8 heteroatoms. The van der Waals surface area contributed by atoms with Gasteiger partial charge in [0.15, 0.2) is 5.84 Å². The molecule has 0 radical (unpaired) electrons. The highest BCUT2D eigenvalue weighted by molar-refractivity contribution is 5.96. The second-order valence-corrected chi connectivity index (χ2v) is 4.03. The number of hydrogen-bond donors (Lipinski definition) is 4. The van der Waals surface area contributed by atoms with E-state index in [4.69, 9.17) is 10.9 Å². The molecule has 8 nitrogen and oxygen atoms in total. The molecule has 1 rings (SSSR count). The lowest BCUT2D eigenvalue weighted by Crippen LogP contribution is -2.48. The van der Waals surface area contributed by atoms with Crippen molar-refractivity contribution in [1.29, 1.82) is 0 Å². The van der Waals surface area contributed by atoms with E-state index in [0.29, 0.717) is 0 Å². The number of H-pyrrole nitrogens is 1. The molecule has 1 aromatic rings. The van der Waals surface area contributed by atoms with Gasteiger partial charge in [-0.15, -0.1) is 0 Å². The van der Waals surface area contributed by atoms with Crippen molar-refractivity contribution in [3.05, 3.63) is 28.2 Å². The summed E-state index contributed by atoms with van der Waals surface area (Å²) in [7, 11) is 0.